The molecule has 0 amide bonds. The van der Waals surface area contributed by atoms with Crippen molar-refractivity contribution in [3.05, 3.63) is 18.0 Å². The lowest BCUT2D eigenvalue weighted by molar-refractivity contribution is 0.0496. The van der Waals surface area contributed by atoms with Gasteiger partial charge in [-0.3, -0.25) is 0 Å². The largest absolute Gasteiger partial charge is 0.379 e. The van der Waals surface area contributed by atoms with Crippen LogP contribution in [-0.4, -0.2) is 46.1 Å². The zero-order valence-corrected chi connectivity index (χ0v) is 11.9. The highest BCUT2D eigenvalue weighted by Crippen LogP contribution is 2.24. The number of anilines is 1. The zero-order valence-electron chi connectivity index (χ0n) is 11.9. The van der Waals surface area contributed by atoms with E-state index in [1.54, 1.807) is 19.2 Å². The number of alkyl halides is 2. The van der Waals surface area contributed by atoms with Gasteiger partial charge in [0.15, 0.2) is 5.65 Å². The van der Waals surface area contributed by atoms with E-state index in [2.05, 4.69) is 22.2 Å². The van der Waals surface area contributed by atoms with Gasteiger partial charge in [-0.1, -0.05) is 6.92 Å². The van der Waals surface area contributed by atoms with E-state index < -0.39 is 12.2 Å². The molecule has 3 rings (SSSR count). The molecule has 0 saturated carbocycles. The SMILES string of the molecule is COC1CN(c2ccc3nnc(C(F)F)n3n2)CCC1C. The highest BCUT2D eigenvalue weighted by Gasteiger charge is 2.27. The number of halogens is 2. The van der Waals surface area contributed by atoms with Gasteiger partial charge in [-0.05, 0) is 24.5 Å². The Labute approximate surface area is 120 Å². The van der Waals surface area contributed by atoms with Crippen molar-refractivity contribution in [3.63, 3.8) is 0 Å². The van der Waals surface area contributed by atoms with Gasteiger partial charge in [0.1, 0.15) is 5.82 Å². The third-order valence-corrected chi connectivity index (χ3v) is 3.98. The molecule has 2 atom stereocenters. The highest BCUT2D eigenvalue weighted by molar-refractivity contribution is 5.46. The molecule has 0 bridgehead atoms. The number of hydrogen-bond donors (Lipinski definition) is 0. The minimum atomic E-state index is -2.70. The van der Waals surface area contributed by atoms with E-state index in [0.29, 0.717) is 23.9 Å². The molecule has 21 heavy (non-hydrogen) atoms. The molecule has 2 unspecified atom stereocenters. The predicted octanol–water partition coefficient (Wildman–Crippen LogP) is 1.92. The number of methoxy groups -OCH3 is 1. The van der Waals surface area contributed by atoms with Crippen LogP contribution in [0.3, 0.4) is 0 Å². The van der Waals surface area contributed by atoms with Gasteiger partial charge in [0.25, 0.3) is 6.43 Å². The Balaban J connectivity index is 1.92. The van der Waals surface area contributed by atoms with Crippen LogP contribution in [0.5, 0.6) is 0 Å². The van der Waals surface area contributed by atoms with Crippen LogP contribution >= 0.6 is 0 Å². The summed E-state index contributed by atoms with van der Waals surface area (Å²) < 4.78 is 32.3. The first-order valence-corrected chi connectivity index (χ1v) is 6.88. The molecular formula is C13H17F2N5O. The summed E-state index contributed by atoms with van der Waals surface area (Å²) in [5.74, 6) is 0.681. The van der Waals surface area contributed by atoms with Crippen LogP contribution in [0.25, 0.3) is 5.65 Å². The van der Waals surface area contributed by atoms with Crippen molar-refractivity contribution < 1.29 is 13.5 Å². The number of hydrogen-bond acceptors (Lipinski definition) is 5. The van der Waals surface area contributed by atoms with E-state index in [1.165, 1.54) is 0 Å². The van der Waals surface area contributed by atoms with Gasteiger partial charge >= 0.3 is 0 Å². The van der Waals surface area contributed by atoms with Crippen molar-refractivity contribution in [3.8, 4) is 0 Å². The van der Waals surface area contributed by atoms with Crippen LogP contribution in [0, 0.1) is 5.92 Å². The van der Waals surface area contributed by atoms with Gasteiger partial charge in [0, 0.05) is 20.2 Å². The fourth-order valence-electron chi connectivity index (χ4n) is 2.65. The second-order valence-electron chi connectivity index (χ2n) is 5.31. The number of piperidine rings is 1. The molecule has 3 heterocycles. The van der Waals surface area contributed by atoms with Gasteiger partial charge in [0.05, 0.1) is 6.10 Å². The van der Waals surface area contributed by atoms with E-state index in [4.69, 9.17) is 4.74 Å². The van der Waals surface area contributed by atoms with Crippen molar-refractivity contribution >= 4 is 11.5 Å². The Bertz CT molecular complexity index is 632. The van der Waals surface area contributed by atoms with Crippen LogP contribution in [0.4, 0.5) is 14.6 Å². The maximum Gasteiger partial charge on any atom is 0.299 e. The van der Waals surface area contributed by atoms with E-state index in [0.717, 1.165) is 17.5 Å². The van der Waals surface area contributed by atoms with Crippen molar-refractivity contribution in [1.29, 1.82) is 0 Å². The van der Waals surface area contributed by atoms with Crippen LogP contribution < -0.4 is 4.90 Å². The molecule has 0 aliphatic carbocycles. The lowest BCUT2D eigenvalue weighted by atomic mass is 9.96. The second kappa shape index (κ2) is 5.51. The van der Waals surface area contributed by atoms with Crippen molar-refractivity contribution in [1.82, 2.24) is 19.8 Å². The molecule has 1 aliphatic heterocycles. The van der Waals surface area contributed by atoms with E-state index >= 15 is 0 Å². The average Bonchev–Trinajstić information content (AvgIpc) is 2.90. The van der Waals surface area contributed by atoms with Crippen LogP contribution in [0.15, 0.2) is 12.1 Å². The molecule has 1 aliphatic rings. The molecule has 8 heteroatoms. The summed E-state index contributed by atoms with van der Waals surface area (Å²) in [7, 11) is 1.69. The number of fused-ring (bicyclic) bond motifs is 1. The summed E-state index contributed by atoms with van der Waals surface area (Å²) in [6.45, 7) is 3.67. The number of nitrogens with zero attached hydrogens (tertiary/aromatic N) is 5. The lowest BCUT2D eigenvalue weighted by Gasteiger charge is -2.36. The van der Waals surface area contributed by atoms with Crippen molar-refractivity contribution in [2.24, 2.45) is 5.92 Å². The molecule has 1 saturated heterocycles. The smallest absolute Gasteiger partial charge is 0.299 e. The Morgan fingerprint density at radius 2 is 2.14 bits per heavy atom. The third kappa shape index (κ3) is 2.55. The first-order valence-electron chi connectivity index (χ1n) is 6.88. The monoisotopic (exact) mass is 297 g/mol. The fourth-order valence-corrected chi connectivity index (χ4v) is 2.65. The molecule has 0 aromatic carbocycles. The summed E-state index contributed by atoms with van der Waals surface area (Å²) in [5, 5.41) is 11.4. The first-order chi connectivity index (χ1) is 10.1. The summed E-state index contributed by atoms with van der Waals surface area (Å²) in [6, 6.07) is 3.43. The maximum absolute atomic E-state index is 12.9. The normalized spacial score (nSPS) is 23.2. The van der Waals surface area contributed by atoms with Gasteiger partial charge in [0.2, 0.25) is 5.82 Å². The lowest BCUT2D eigenvalue weighted by Crippen LogP contribution is -2.44. The molecule has 0 N–H and O–H groups in total. The summed E-state index contributed by atoms with van der Waals surface area (Å²) in [4.78, 5) is 2.04. The van der Waals surface area contributed by atoms with Gasteiger partial charge in [-0.15, -0.1) is 15.3 Å². The predicted molar refractivity (Wildman–Crippen MR) is 72.5 cm³/mol. The van der Waals surface area contributed by atoms with Crippen molar-refractivity contribution in [2.75, 3.05) is 25.1 Å². The van der Waals surface area contributed by atoms with Crippen LogP contribution in [0.1, 0.15) is 25.6 Å². The molecular weight excluding hydrogens is 280 g/mol. The number of aromatic nitrogens is 4. The fraction of sp³-hybridized carbons (Fsp3) is 0.615. The quantitative estimate of drug-likeness (QED) is 0.866. The van der Waals surface area contributed by atoms with Gasteiger partial charge in [-0.2, -0.15) is 4.52 Å². The highest BCUT2D eigenvalue weighted by atomic mass is 19.3. The average molecular weight is 297 g/mol. The van der Waals surface area contributed by atoms with E-state index in [9.17, 15) is 8.78 Å². The maximum atomic E-state index is 12.9. The second-order valence-corrected chi connectivity index (χ2v) is 5.31. The molecule has 2 aromatic rings. The van der Waals surface area contributed by atoms with E-state index in [1.807, 2.05) is 4.90 Å². The van der Waals surface area contributed by atoms with Crippen LogP contribution in [0.2, 0.25) is 0 Å². The topological polar surface area (TPSA) is 55.5 Å². The molecule has 114 valence electrons. The standard InChI is InChI=1S/C13H17F2N5O/c1-8-5-6-19(7-9(8)21-2)11-4-3-10-16-17-13(12(14)15)20(10)18-11/h3-4,8-9,12H,5-7H2,1-2H3. The zero-order chi connectivity index (χ0) is 15.0. The molecule has 0 spiro atoms. The van der Waals surface area contributed by atoms with Gasteiger partial charge < -0.3 is 9.64 Å². The van der Waals surface area contributed by atoms with Crippen LogP contribution in [-0.2, 0) is 4.74 Å². The molecule has 1 fully saturated rings. The Kier molecular flexibility index (Phi) is 3.71. The van der Waals surface area contributed by atoms with E-state index in [-0.39, 0.29) is 6.10 Å². The number of rotatable bonds is 3. The molecule has 0 radical (unpaired) electrons. The Hall–Kier alpha value is -1.83. The molecule has 2 aromatic heterocycles. The first kappa shape index (κ1) is 14.1. The molecule has 6 nitrogen and oxygen atoms in total. The summed E-state index contributed by atoms with van der Waals surface area (Å²) in [6.07, 6.45) is -1.61. The minimum Gasteiger partial charge on any atom is -0.379 e. The Morgan fingerprint density at radius 1 is 1.33 bits per heavy atom. The Morgan fingerprint density at radius 3 is 2.86 bits per heavy atom. The van der Waals surface area contributed by atoms with Crippen molar-refractivity contribution in [2.45, 2.75) is 25.9 Å². The number of ether oxygens (including phenoxy) is 1. The van der Waals surface area contributed by atoms with Gasteiger partial charge in [-0.25, -0.2) is 8.78 Å². The summed E-state index contributed by atoms with van der Waals surface area (Å²) in [5.41, 5.74) is 0.322. The summed E-state index contributed by atoms with van der Waals surface area (Å²) >= 11 is 0. The minimum absolute atomic E-state index is 0.117. The third-order valence-electron chi connectivity index (χ3n) is 3.98.